The number of nitrogens with zero attached hydrogens (tertiary/aromatic N) is 3. The molecule has 1 fully saturated rings. The number of fused-ring (bicyclic) bond motifs is 1. The third-order valence-electron chi connectivity index (χ3n) is 7.75. The minimum atomic E-state index is -5.17. The van der Waals surface area contributed by atoms with Gasteiger partial charge >= 0.3 is 18.4 Å². The SMILES string of the molecule is CN1N=C2CCN(C(=O)C(COc3cc(C(F)(F)F)cc(C(F)(F)F)c3)NC(=O)C(C)(C)OC(N)=O)C[C@@]2(Cc2ccccc2)C1=O. The fraction of sp³-hybridized carbons (Fsp3) is 0.433. The highest BCUT2D eigenvalue weighted by Crippen LogP contribution is 2.40. The van der Waals surface area contributed by atoms with Crippen molar-refractivity contribution in [3.63, 3.8) is 0 Å². The van der Waals surface area contributed by atoms with E-state index in [1.54, 1.807) is 30.3 Å². The van der Waals surface area contributed by atoms with Crippen LogP contribution in [0.25, 0.3) is 0 Å². The van der Waals surface area contributed by atoms with Gasteiger partial charge in [0.25, 0.3) is 11.8 Å². The van der Waals surface area contributed by atoms with Crippen LogP contribution in [0.4, 0.5) is 31.1 Å². The maximum atomic E-state index is 14.0. The zero-order chi connectivity index (χ0) is 34.9. The number of likely N-dealkylation sites (tertiary alicyclic amines) is 1. The summed E-state index contributed by atoms with van der Waals surface area (Å²) in [5, 5.41) is 7.84. The number of alkyl halides is 6. The number of nitrogens with two attached hydrogens (primary N) is 1. The van der Waals surface area contributed by atoms with Gasteiger partial charge in [-0.1, -0.05) is 30.3 Å². The fourth-order valence-electron chi connectivity index (χ4n) is 5.43. The van der Waals surface area contributed by atoms with Crippen LogP contribution < -0.4 is 15.8 Å². The van der Waals surface area contributed by atoms with Crippen molar-refractivity contribution in [2.75, 3.05) is 26.7 Å². The summed E-state index contributed by atoms with van der Waals surface area (Å²) in [6.45, 7) is 1.14. The minimum Gasteiger partial charge on any atom is -0.491 e. The van der Waals surface area contributed by atoms with E-state index < -0.39 is 76.7 Å². The van der Waals surface area contributed by atoms with Crippen molar-refractivity contribution in [2.45, 2.75) is 50.7 Å². The van der Waals surface area contributed by atoms with Gasteiger partial charge in [0, 0.05) is 26.6 Å². The van der Waals surface area contributed by atoms with Gasteiger partial charge in [-0.05, 0) is 44.0 Å². The molecule has 2 aromatic rings. The Balaban J connectivity index is 1.67. The maximum Gasteiger partial charge on any atom is 0.416 e. The van der Waals surface area contributed by atoms with E-state index in [4.69, 9.17) is 15.2 Å². The Labute approximate surface area is 264 Å². The normalized spacial score (nSPS) is 19.1. The van der Waals surface area contributed by atoms with Gasteiger partial charge in [0.1, 0.15) is 23.8 Å². The molecule has 0 aliphatic carbocycles. The number of rotatable bonds is 9. The number of carbonyl (C=O) groups excluding carboxylic acids is 4. The van der Waals surface area contributed by atoms with Gasteiger partial charge in [-0.2, -0.15) is 31.4 Å². The number of hydrogen-bond acceptors (Lipinski definition) is 7. The molecule has 47 heavy (non-hydrogen) atoms. The van der Waals surface area contributed by atoms with Crippen LogP contribution >= 0.6 is 0 Å². The van der Waals surface area contributed by atoms with Crippen LogP contribution in [0.5, 0.6) is 5.75 Å². The molecule has 1 unspecified atom stereocenters. The second kappa shape index (κ2) is 12.8. The van der Waals surface area contributed by atoms with Crippen molar-refractivity contribution in [1.82, 2.24) is 15.2 Å². The van der Waals surface area contributed by atoms with Gasteiger partial charge < -0.3 is 25.4 Å². The molecule has 2 atom stereocenters. The van der Waals surface area contributed by atoms with Crippen molar-refractivity contribution < 1.29 is 55.0 Å². The molecule has 4 amide bonds. The molecule has 2 heterocycles. The Morgan fingerprint density at radius 1 is 1.02 bits per heavy atom. The molecule has 17 heteroatoms. The smallest absolute Gasteiger partial charge is 0.416 e. The van der Waals surface area contributed by atoms with Crippen LogP contribution in [0.3, 0.4) is 0 Å². The maximum absolute atomic E-state index is 14.0. The average molecular weight is 672 g/mol. The number of piperidine rings is 1. The van der Waals surface area contributed by atoms with E-state index in [-0.39, 0.29) is 32.0 Å². The fourth-order valence-corrected chi connectivity index (χ4v) is 5.43. The quantitative estimate of drug-likeness (QED) is 0.389. The van der Waals surface area contributed by atoms with Gasteiger partial charge in [0.2, 0.25) is 5.91 Å². The molecule has 2 aliphatic rings. The molecule has 0 aromatic heterocycles. The summed E-state index contributed by atoms with van der Waals surface area (Å²) in [4.78, 5) is 53.2. The molecule has 11 nitrogen and oxygen atoms in total. The number of carbonyl (C=O) groups is 4. The number of ether oxygens (including phenoxy) is 2. The van der Waals surface area contributed by atoms with Crippen LogP contribution in [-0.2, 0) is 37.9 Å². The van der Waals surface area contributed by atoms with Crippen molar-refractivity contribution >= 4 is 29.5 Å². The number of halogens is 6. The van der Waals surface area contributed by atoms with Crippen molar-refractivity contribution in [3.05, 3.63) is 65.2 Å². The van der Waals surface area contributed by atoms with E-state index in [0.29, 0.717) is 17.8 Å². The van der Waals surface area contributed by atoms with Crippen LogP contribution in [0.15, 0.2) is 53.6 Å². The highest BCUT2D eigenvalue weighted by atomic mass is 19.4. The minimum absolute atomic E-state index is 0.00462. The Kier molecular flexibility index (Phi) is 9.51. The highest BCUT2D eigenvalue weighted by Gasteiger charge is 2.54. The highest BCUT2D eigenvalue weighted by molar-refractivity contribution is 6.13. The first-order chi connectivity index (χ1) is 21.7. The van der Waals surface area contributed by atoms with E-state index in [9.17, 15) is 45.5 Å². The molecule has 4 rings (SSSR count). The molecule has 3 N–H and O–H groups in total. The Morgan fingerprint density at radius 2 is 1.62 bits per heavy atom. The number of hydrazone groups is 1. The largest absolute Gasteiger partial charge is 0.491 e. The second-order valence-corrected chi connectivity index (χ2v) is 11.6. The number of amides is 4. The lowest BCUT2D eigenvalue weighted by atomic mass is 9.73. The molecule has 0 spiro atoms. The van der Waals surface area contributed by atoms with Gasteiger partial charge in [-0.25, -0.2) is 9.80 Å². The second-order valence-electron chi connectivity index (χ2n) is 11.6. The molecule has 1 saturated heterocycles. The first-order valence-corrected chi connectivity index (χ1v) is 14.1. The zero-order valence-electron chi connectivity index (χ0n) is 25.4. The summed E-state index contributed by atoms with van der Waals surface area (Å²) in [6, 6.07) is 7.74. The molecule has 0 saturated carbocycles. The summed E-state index contributed by atoms with van der Waals surface area (Å²) in [5.74, 6) is -3.23. The van der Waals surface area contributed by atoms with Gasteiger partial charge in [0.15, 0.2) is 5.60 Å². The summed E-state index contributed by atoms with van der Waals surface area (Å²) in [7, 11) is 1.47. The summed E-state index contributed by atoms with van der Waals surface area (Å²) in [5.41, 5.74) is -0.216. The first kappa shape index (κ1) is 35.0. The summed E-state index contributed by atoms with van der Waals surface area (Å²) >= 11 is 0. The number of benzene rings is 2. The Bertz CT molecular complexity index is 1550. The molecule has 254 valence electrons. The van der Waals surface area contributed by atoms with Gasteiger partial charge in [-0.15, -0.1) is 0 Å². The van der Waals surface area contributed by atoms with Crippen LogP contribution in [-0.4, -0.2) is 77.8 Å². The third kappa shape index (κ3) is 7.77. The molecular formula is C30H31F6N5O6. The summed E-state index contributed by atoms with van der Waals surface area (Å²) in [6.07, 6.45) is -11.4. The van der Waals surface area contributed by atoms with Crippen LogP contribution in [0.1, 0.15) is 37.0 Å². The zero-order valence-corrected chi connectivity index (χ0v) is 25.4. The molecular weight excluding hydrogens is 640 g/mol. The summed E-state index contributed by atoms with van der Waals surface area (Å²) < 4.78 is 90.7. The average Bonchev–Trinajstić information content (AvgIpc) is 3.21. The van der Waals surface area contributed by atoms with Crippen LogP contribution in [0.2, 0.25) is 0 Å². The molecule has 2 aliphatic heterocycles. The van der Waals surface area contributed by atoms with Crippen molar-refractivity contribution in [2.24, 2.45) is 16.3 Å². The van der Waals surface area contributed by atoms with E-state index >= 15 is 0 Å². The molecule has 0 bridgehead atoms. The number of primary amides is 1. The van der Waals surface area contributed by atoms with Gasteiger partial charge in [0.05, 0.1) is 16.8 Å². The first-order valence-electron chi connectivity index (χ1n) is 14.1. The molecule has 0 radical (unpaired) electrons. The number of nitrogens with one attached hydrogen (secondary N) is 1. The van der Waals surface area contributed by atoms with Crippen molar-refractivity contribution in [3.8, 4) is 5.75 Å². The van der Waals surface area contributed by atoms with Crippen molar-refractivity contribution in [1.29, 1.82) is 0 Å². The van der Waals surface area contributed by atoms with E-state index in [1.807, 2.05) is 0 Å². The molecule has 2 aromatic carbocycles. The van der Waals surface area contributed by atoms with E-state index in [0.717, 1.165) is 19.4 Å². The predicted molar refractivity (Wildman–Crippen MR) is 153 cm³/mol. The Morgan fingerprint density at radius 3 is 2.17 bits per heavy atom. The van der Waals surface area contributed by atoms with Crippen LogP contribution in [0, 0.1) is 5.41 Å². The third-order valence-corrected chi connectivity index (χ3v) is 7.75. The Hall–Kier alpha value is -4.83. The lowest BCUT2D eigenvalue weighted by Gasteiger charge is -2.40. The van der Waals surface area contributed by atoms with E-state index in [1.165, 1.54) is 17.0 Å². The lowest BCUT2D eigenvalue weighted by molar-refractivity contribution is -0.146. The van der Waals surface area contributed by atoms with E-state index in [2.05, 4.69) is 10.4 Å². The number of hydrogen-bond donors (Lipinski definition) is 2. The predicted octanol–water partition coefficient (Wildman–Crippen LogP) is 3.75. The van der Waals surface area contributed by atoms with Gasteiger partial charge in [-0.3, -0.25) is 14.4 Å². The standard InChI is InChI=1S/C30H31F6N5O6/c1-27(2,47-26(37)45)24(43)38-21(15-46-20-12-18(29(31,32)33)11-19(13-20)30(34,35)36)23(42)41-10-9-22-28(16-41,25(44)40(3)39-22)14-17-7-5-4-6-8-17/h4-8,11-13,21H,9-10,14-16H2,1-3H3,(H2,37,45)(H,38,43)/t21?,28-/m1/s1. The monoisotopic (exact) mass is 671 g/mol. The lowest BCUT2D eigenvalue weighted by Crippen LogP contribution is -2.61. The topological polar surface area (TPSA) is 144 Å².